The minimum atomic E-state index is -0.828. The van der Waals surface area contributed by atoms with Crippen molar-refractivity contribution in [3.63, 3.8) is 0 Å². The van der Waals surface area contributed by atoms with E-state index in [1.165, 1.54) is 19.3 Å². The largest absolute Gasteiger partial charge is 0.481 e. The van der Waals surface area contributed by atoms with E-state index in [1.807, 2.05) is 0 Å². The Morgan fingerprint density at radius 1 is 1.29 bits per heavy atom. The topological polar surface area (TPSA) is 66.4 Å². The van der Waals surface area contributed by atoms with Gasteiger partial charge in [0.1, 0.15) is 0 Å². The van der Waals surface area contributed by atoms with Gasteiger partial charge in [0, 0.05) is 6.54 Å². The summed E-state index contributed by atoms with van der Waals surface area (Å²) in [4.78, 5) is 22.7. The molecule has 0 spiro atoms. The fourth-order valence-electron chi connectivity index (χ4n) is 2.85. The van der Waals surface area contributed by atoms with E-state index in [-0.39, 0.29) is 11.8 Å². The van der Waals surface area contributed by atoms with Crippen LogP contribution < -0.4 is 5.32 Å². The molecule has 2 aliphatic rings. The van der Waals surface area contributed by atoms with Crippen LogP contribution in [0.3, 0.4) is 0 Å². The van der Waals surface area contributed by atoms with Crippen LogP contribution in [-0.2, 0) is 9.59 Å². The van der Waals surface area contributed by atoms with E-state index < -0.39 is 11.9 Å². The maximum Gasteiger partial charge on any atom is 0.307 e. The second-order valence-corrected chi connectivity index (χ2v) is 5.55. The molecule has 0 aliphatic heterocycles. The monoisotopic (exact) mass is 239 g/mol. The van der Waals surface area contributed by atoms with E-state index in [0.717, 1.165) is 19.4 Å². The van der Waals surface area contributed by atoms with Crippen molar-refractivity contribution in [1.29, 1.82) is 0 Å². The number of amides is 1. The van der Waals surface area contributed by atoms with Crippen LogP contribution in [0.25, 0.3) is 0 Å². The molecule has 2 unspecified atom stereocenters. The van der Waals surface area contributed by atoms with Gasteiger partial charge in [-0.3, -0.25) is 9.59 Å². The van der Waals surface area contributed by atoms with Crippen LogP contribution in [0.1, 0.15) is 45.4 Å². The Morgan fingerprint density at radius 3 is 2.29 bits per heavy atom. The molecule has 2 atom stereocenters. The van der Waals surface area contributed by atoms with Crippen LogP contribution in [0.15, 0.2) is 0 Å². The molecule has 0 heterocycles. The average Bonchev–Trinajstić information content (AvgIpc) is 2.13. The van der Waals surface area contributed by atoms with E-state index >= 15 is 0 Å². The summed E-state index contributed by atoms with van der Waals surface area (Å²) in [7, 11) is 0. The molecule has 0 aromatic carbocycles. The van der Waals surface area contributed by atoms with E-state index in [0.29, 0.717) is 11.8 Å². The lowest BCUT2D eigenvalue weighted by atomic mass is 9.66. The lowest BCUT2D eigenvalue weighted by Crippen LogP contribution is -2.48. The zero-order chi connectivity index (χ0) is 12.5. The Labute approximate surface area is 102 Å². The number of carbonyl (C=O) groups excluding carboxylic acids is 1. The summed E-state index contributed by atoms with van der Waals surface area (Å²) in [6, 6.07) is 0. The third-order valence-electron chi connectivity index (χ3n) is 4.73. The van der Waals surface area contributed by atoms with Crippen molar-refractivity contribution >= 4 is 11.9 Å². The second-order valence-electron chi connectivity index (χ2n) is 5.55. The number of nitrogens with one attached hydrogen (secondary N) is 1. The standard InChI is InChI=1S/C13H21NO3/c1-2-13(6-3-7-13)8-14-11(15)9-4-5-10(9)12(16)17/h9-10H,2-8H2,1H3,(H,14,15)(H,16,17). The van der Waals surface area contributed by atoms with Gasteiger partial charge in [0.05, 0.1) is 11.8 Å². The zero-order valence-corrected chi connectivity index (χ0v) is 10.4. The number of carbonyl (C=O) groups is 2. The number of aliphatic carboxylic acids is 1. The highest BCUT2D eigenvalue weighted by Crippen LogP contribution is 2.43. The first-order valence-corrected chi connectivity index (χ1v) is 6.58. The molecule has 2 fully saturated rings. The first-order valence-electron chi connectivity index (χ1n) is 6.58. The van der Waals surface area contributed by atoms with Crippen molar-refractivity contribution in [2.45, 2.75) is 45.4 Å². The lowest BCUT2D eigenvalue weighted by molar-refractivity contribution is -0.153. The quantitative estimate of drug-likeness (QED) is 0.768. The maximum absolute atomic E-state index is 11.9. The molecule has 96 valence electrons. The summed E-state index contributed by atoms with van der Waals surface area (Å²) in [5.74, 6) is -1.62. The van der Waals surface area contributed by atoms with Gasteiger partial charge in [0.2, 0.25) is 5.91 Å². The van der Waals surface area contributed by atoms with Gasteiger partial charge in [-0.2, -0.15) is 0 Å². The van der Waals surface area contributed by atoms with Crippen LogP contribution in [-0.4, -0.2) is 23.5 Å². The van der Waals surface area contributed by atoms with Gasteiger partial charge in [-0.1, -0.05) is 13.3 Å². The van der Waals surface area contributed by atoms with Crippen molar-refractivity contribution in [3.8, 4) is 0 Å². The number of carboxylic acids is 1. The lowest BCUT2D eigenvalue weighted by Gasteiger charge is -2.42. The highest BCUT2D eigenvalue weighted by molar-refractivity contribution is 5.86. The molecule has 0 aromatic heterocycles. The molecule has 2 N–H and O–H groups in total. The summed E-state index contributed by atoms with van der Waals surface area (Å²) in [6.07, 6.45) is 6.10. The summed E-state index contributed by atoms with van der Waals surface area (Å²) in [5, 5.41) is 11.9. The molecule has 0 saturated heterocycles. The molecule has 17 heavy (non-hydrogen) atoms. The van der Waals surface area contributed by atoms with Gasteiger partial charge in [0.15, 0.2) is 0 Å². The van der Waals surface area contributed by atoms with E-state index in [4.69, 9.17) is 5.11 Å². The molecule has 4 nitrogen and oxygen atoms in total. The summed E-state index contributed by atoms with van der Waals surface area (Å²) in [6.45, 7) is 2.89. The predicted molar refractivity (Wildman–Crippen MR) is 63.4 cm³/mol. The van der Waals surface area contributed by atoms with E-state index in [1.54, 1.807) is 0 Å². The Balaban J connectivity index is 1.79. The Bertz CT molecular complexity index is 317. The van der Waals surface area contributed by atoms with Gasteiger partial charge in [0.25, 0.3) is 0 Å². The third kappa shape index (κ3) is 2.31. The number of hydrogen-bond acceptors (Lipinski definition) is 2. The fraction of sp³-hybridized carbons (Fsp3) is 0.846. The Hall–Kier alpha value is -1.06. The number of hydrogen-bond donors (Lipinski definition) is 2. The van der Waals surface area contributed by atoms with Gasteiger partial charge >= 0.3 is 5.97 Å². The molecule has 0 bridgehead atoms. The molecular formula is C13H21NO3. The third-order valence-corrected chi connectivity index (χ3v) is 4.73. The molecule has 0 radical (unpaired) electrons. The maximum atomic E-state index is 11.9. The average molecular weight is 239 g/mol. The Kier molecular flexibility index (Phi) is 3.40. The first kappa shape index (κ1) is 12.4. The number of rotatable bonds is 5. The SMILES string of the molecule is CCC1(CNC(=O)C2CCC2C(=O)O)CCC1. The molecule has 2 aliphatic carbocycles. The van der Waals surface area contributed by atoms with Crippen molar-refractivity contribution < 1.29 is 14.7 Å². The highest BCUT2D eigenvalue weighted by Gasteiger charge is 2.42. The fourth-order valence-corrected chi connectivity index (χ4v) is 2.85. The highest BCUT2D eigenvalue weighted by atomic mass is 16.4. The van der Waals surface area contributed by atoms with Gasteiger partial charge in [-0.25, -0.2) is 0 Å². The van der Waals surface area contributed by atoms with Crippen molar-refractivity contribution in [2.75, 3.05) is 6.54 Å². The minimum absolute atomic E-state index is 0.0524. The normalized spacial score (nSPS) is 29.9. The molecule has 0 aromatic rings. The summed E-state index contributed by atoms with van der Waals surface area (Å²) >= 11 is 0. The predicted octanol–water partition coefficient (Wildman–Crippen LogP) is 1.79. The van der Waals surface area contributed by atoms with Crippen LogP contribution in [0.5, 0.6) is 0 Å². The number of carboxylic acid groups (broad SMARTS) is 1. The molecular weight excluding hydrogens is 218 g/mol. The van der Waals surface area contributed by atoms with Crippen molar-refractivity contribution in [2.24, 2.45) is 17.3 Å². The zero-order valence-electron chi connectivity index (χ0n) is 10.4. The molecule has 4 heteroatoms. The molecule has 2 saturated carbocycles. The second kappa shape index (κ2) is 4.67. The smallest absolute Gasteiger partial charge is 0.307 e. The molecule has 1 amide bonds. The van der Waals surface area contributed by atoms with Gasteiger partial charge in [-0.15, -0.1) is 0 Å². The van der Waals surface area contributed by atoms with Crippen molar-refractivity contribution in [1.82, 2.24) is 5.32 Å². The first-order chi connectivity index (χ1) is 8.08. The summed E-state index contributed by atoms with van der Waals surface area (Å²) < 4.78 is 0. The van der Waals surface area contributed by atoms with E-state index in [9.17, 15) is 9.59 Å². The van der Waals surface area contributed by atoms with Gasteiger partial charge < -0.3 is 10.4 Å². The summed E-state index contributed by atoms with van der Waals surface area (Å²) in [5.41, 5.74) is 0.304. The van der Waals surface area contributed by atoms with Crippen LogP contribution in [0.4, 0.5) is 0 Å². The molecule has 2 rings (SSSR count). The van der Waals surface area contributed by atoms with Crippen LogP contribution in [0, 0.1) is 17.3 Å². The van der Waals surface area contributed by atoms with Crippen LogP contribution in [0.2, 0.25) is 0 Å². The van der Waals surface area contributed by atoms with E-state index in [2.05, 4.69) is 12.2 Å². The minimum Gasteiger partial charge on any atom is -0.481 e. The van der Waals surface area contributed by atoms with Crippen molar-refractivity contribution in [3.05, 3.63) is 0 Å². The van der Waals surface area contributed by atoms with Gasteiger partial charge in [-0.05, 0) is 37.5 Å². The Morgan fingerprint density at radius 2 is 1.94 bits per heavy atom. The van der Waals surface area contributed by atoms with Crippen LogP contribution >= 0.6 is 0 Å².